The van der Waals surface area contributed by atoms with E-state index in [4.69, 9.17) is 4.84 Å². The van der Waals surface area contributed by atoms with Crippen LogP contribution < -0.4 is 0 Å². The number of nitrogens with zero attached hydrogens (tertiary/aromatic N) is 2. The molecule has 0 bridgehead atoms. The van der Waals surface area contributed by atoms with Crippen LogP contribution in [-0.2, 0) is 14.4 Å². The van der Waals surface area contributed by atoms with Crippen LogP contribution in [0.5, 0.6) is 0 Å². The van der Waals surface area contributed by atoms with Gasteiger partial charge in [-0.1, -0.05) is 5.16 Å². The minimum absolute atomic E-state index is 0.306. The Balaban J connectivity index is 2.22. The van der Waals surface area contributed by atoms with Gasteiger partial charge in [0, 0.05) is 11.6 Å². The molecule has 5 heteroatoms. The third-order valence-electron chi connectivity index (χ3n) is 2.34. The number of amides is 2. The zero-order valence-electron chi connectivity index (χ0n) is 8.90. The molecule has 0 atom stereocenters. The molecule has 2 heterocycles. The van der Waals surface area contributed by atoms with Crippen molar-refractivity contribution in [1.82, 2.24) is 4.90 Å². The van der Waals surface area contributed by atoms with E-state index in [1.54, 1.807) is 6.92 Å². The van der Waals surface area contributed by atoms with Crippen molar-refractivity contribution in [1.29, 1.82) is 0 Å². The Morgan fingerprint density at radius 3 is 2.53 bits per heavy atom. The molecule has 2 aliphatic rings. The molecule has 80 valence electrons. The van der Waals surface area contributed by atoms with Gasteiger partial charge in [0.05, 0.1) is 6.42 Å². The average molecular weight is 208 g/mol. The maximum atomic E-state index is 11.6. The number of hydrogen-bond acceptors (Lipinski definition) is 4. The molecule has 0 saturated heterocycles. The van der Waals surface area contributed by atoms with E-state index in [2.05, 4.69) is 5.16 Å². The predicted molar refractivity (Wildman–Crippen MR) is 52.8 cm³/mol. The molecule has 2 aliphatic heterocycles. The van der Waals surface area contributed by atoms with Crippen LogP contribution in [0.15, 0.2) is 16.8 Å². The molecule has 0 spiro atoms. The van der Waals surface area contributed by atoms with Crippen molar-refractivity contribution >= 4 is 17.6 Å². The lowest BCUT2D eigenvalue weighted by Crippen LogP contribution is -2.37. The minimum Gasteiger partial charge on any atom is -0.388 e. The summed E-state index contributed by atoms with van der Waals surface area (Å²) in [7, 11) is 0. The smallest absolute Gasteiger partial charge is 0.262 e. The van der Waals surface area contributed by atoms with Gasteiger partial charge < -0.3 is 4.84 Å². The van der Waals surface area contributed by atoms with Crippen LogP contribution in [0.2, 0.25) is 0 Å². The molecule has 0 aromatic rings. The summed E-state index contributed by atoms with van der Waals surface area (Å²) in [4.78, 5) is 29.3. The Morgan fingerprint density at radius 1 is 1.47 bits per heavy atom. The number of hydrogen-bond donors (Lipinski definition) is 0. The summed E-state index contributed by atoms with van der Waals surface area (Å²) in [6.07, 6.45) is 1.78. The van der Waals surface area contributed by atoms with Crippen LogP contribution in [0.25, 0.3) is 0 Å². The molecule has 0 unspecified atom stereocenters. The van der Waals surface area contributed by atoms with Gasteiger partial charge in [0.15, 0.2) is 5.84 Å². The van der Waals surface area contributed by atoms with Crippen molar-refractivity contribution in [3.8, 4) is 0 Å². The fourth-order valence-corrected chi connectivity index (χ4v) is 1.57. The van der Waals surface area contributed by atoms with E-state index >= 15 is 0 Å². The van der Waals surface area contributed by atoms with Gasteiger partial charge in [-0.3, -0.25) is 9.59 Å². The van der Waals surface area contributed by atoms with E-state index in [1.807, 2.05) is 13.8 Å². The van der Waals surface area contributed by atoms with E-state index in [0.717, 1.165) is 4.90 Å². The lowest BCUT2D eigenvalue weighted by Gasteiger charge is -2.15. The van der Waals surface area contributed by atoms with Crippen LogP contribution in [-0.4, -0.2) is 28.2 Å². The van der Waals surface area contributed by atoms with E-state index in [9.17, 15) is 9.59 Å². The number of oxime groups is 1. The van der Waals surface area contributed by atoms with Crippen molar-refractivity contribution in [3.63, 3.8) is 0 Å². The summed E-state index contributed by atoms with van der Waals surface area (Å²) in [5.74, 6) is -0.249. The lowest BCUT2D eigenvalue weighted by molar-refractivity contribution is -0.132. The molecular formula is C10H12N2O3. The summed E-state index contributed by atoms with van der Waals surface area (Å²) < 4.78 is 0. The molecule has 2 amide bonds. The number of imide groups is 1. The van der Waals surface area contributed by atoms with Crippen molar-refractivity contribution in [2.24, 2.45) is 5.16 Å². The molecule has 2 rings (SSSR count). The van der Waals surface area contributed by atoms with Crippen LogP contribution in [0.3, 0.4) is 0 Å². The molecular weight excluding hydrogens is 196 g/mol. The third kappa shape index (κ3) is 1.54. The molecule has 0 N–H and O–H groups in total. The van der Waals surface area contributed by atoms with Crippen LogP contribution >= 0.6 is 0 Å². The molecule has 0 aliphatic carbocycles. The first-order valence-electron chi connectivity index (χ1n) is 4.72. The highest BCUT2D eigenvalue weighted by molar-refractivity contribution is 6.25. The van der Waals surface area contributed by atoms with Crippen LogP contribution in [0.1, 0.15) is 27.2 Å². The second-order valence-electron chi connectivity index (χ2n) is 4.34. The van der Waals surface area contributed by atoms with E-state index < -0.39 is 5.60 Å². The molecule has 0 aromatic heterocycles. The second kappa shape index (κ2) is 2.92. The standard InChI is InChI=1S/C10H12N2O3/c1-6-4-8(13)12(9(6)14)7-5-10(2,3)15-11-7/h4H,5H2,1-3H3. The molecule has 5 nitrogen and oxygen atoms in total. The van der Waals surface area contributed by atoms with Crippen molar-refractivity contribution < 1.29 is 14.4 Å². The highest BCUT2D eigenvalue weighted by Gasteiger charge is 2.39. The lowest BCUT2D eigenvalue weighted by atomic mass is 10.1. The van der Waals surface area contributed by atoms with Crippen molar-refractivity contribution in [2.45, 2.75) is 32.8 Å². The van der Waals surface area contributed by atoms with Crippen LogP contribution in [0, 0.1) is 0 Å². The first-order chi connectivity index (χ1) is 6.91. The molecule has 0 fully saturated rings. The number of amidine groups is 1. The van der Waals surface area contributed by atoms with Gasteiger partial charge in [-0.25, -0.2) is 4.90 Å². The Kier molecular flexibility index (Phi) is 1.92. The Morgan fingerprint density at radius 2 is 2.13 bits per heavy atom. The summed E-state index contributed by atoms with van der Waals surface area (Å²) >= 11 is 0. The summed E-state index contributed by atoms with van der Waals surface area (Å²) in [6.45, 7) is 5.32. The molecule has 0 radical (unpaired) electrons. The molecule has 15 heavy (non-hydrogen) atoms. The van der Waals surface area contributed by atoms with Crippen molar-refractivity contribution in [3.05, 3.63) is 11.6 Å². The fourth-order valence-electron chi connectivity index (χ4n) is 1.57. The van der Waals surface area contributed by atoms with E-state index in [0.29, 0.717) is 17.8 Å². The third-order valence-corrected chi connectivity index (χ3v) is 2.34. The zero-order chi connectivity index (χ0) is 11.2. The normalized spacial score (nSPS) is 24.1. The highest BCUT2D eigenvalue weighted by atomic mass is 16.7. The molecule has 0 aromatic carbocycles. The zero-order valence-corrected chi connectivity index (χ0v) is 8.90. The Bertz CT molecular complexity index is 407. The maximum Gasteiger partial charge on any atom is 0.262 e. The largest absolute Gasteiger partial charge is 0.388 e. The first-order valence-corrected chi connectivity index (χ1v) is 4.72. The monoisotopic (exact) mass is 208 g/mol. The average Bonchev–Trinajstić information content (AvgIpc) is 2.56. The minimum atomic E-state index is -0.438. The number of carbonyl (C=O) groups is 2. The van der Waals surface area contributed by atoms with Gasteiger partial charge >= 0.3 is 0 Å². The highest BCUT2D eigenvalue weighted by Crippen LogP contribution is 2.26. The number of rotatable bonds is 0. The van der Waals surface area contributed by atoms with Gasteiger partial charge in [-0.2, -0.15) is 0 Å². The second-order valence-corrected chi connectivity index (χ2v) is 4.34. The van der Waals surface area contributed by atoms with E-state index in [-0.39, 0.29) is 11.8 Å². The quantitative estimate of drug-likeness (QED) is 0.553. The van der Waals surface area contributed by atoms with Gasteiger partial charge in [0.2, 0.25) is 0 Å². The topological polar surface area (TPSA) is 59.0 Å². The fraction of sp³-hybridized carbons (Fsp3) is 0.500. The van der Waals surface area contributed by atoms with Crippen molar-refractivity contribution in [2.75, 3.05) is 0 Å². The summed E-state index contributed by atoms with van der Waals surface area (Å²) in [5, 5.41) is 3.77. The van der Waals surface area contributed by atoms with Gasteiger partial charge in [-0.05, 0) is 20.8 Å². The SMILES string of the molecule is CC1=CC(=O)N(C2=NOC(C)(C)C2)C1=O. The summed E-state index contributed by atoms with van der Waals surface area (Å²) in [5.41, 5.74) is -0.000694. The molecule has 0 saturated carbocycles. The first kappa shape index (κ1) is 9.89. The maximum absolute atomic E-state index is 11.6. The Labute approximate surface area is 87.4 Å². The van der Waals surface area contributed by atoms with Gasteiger partial charge in [0.25, 0.3) is 11.8 Å². The van der Waals surface area contributed by atoms with E-state index in [1.165, 1.54) is 6.08 Å². The number of carbonyl (C=O) groups excluding carboxylic acids is 2. The van der Waals surface area contributed by atoms with Gasteiger partial charge in [-0.15, -0.1) is 0 Å². The Hall–Kier alpha value is -1.65. The summed E-state index contributed by atoms with van der Waals surface area (Å²) in [6, 6.07) is 0. The van der Waals surface area contributed by atoms with Gasteiger partial charge in [0.1, 0.15) is 5.60 Å². The predicted octanol–water partition coefficient (Wildman–Crippen LogP) is 0.814. The van der Waals surface area contributed by atoms with Crippen LogP contribution in [0.4, 0.5) is 0 Å².